The summed E-state index contributed by atoms with van der Waals surface area (Å²) in [6.45, 7) is 2.89. The third-order valence-corrected chi connectivity index (χ3v) is 2.70. The van der Waals surface area contributed by atoms with Crippen molar-refractivity contribution in [1.29, 1.82) is 0 Å². The molecule has 0 amide bonds. The van der Waals surface area contributed by atoms with Crippen molar-refractivity contribution in [3.05, 3.63) is 35.9 Å². The highest BCUT2D eigenvalue weighted by Gasteiger charge is 2.00. The second-order valence-electron chi connectivity index (χ2n) is 4.47. The zero-order chi connectivity index (χ0) is 13.8. The summed E-state index contributed by atoms with van der Waals surface area (Å²) in [6.07, 6.45) is 4.55. The number of carbonyl (C=O) groups excluding carboxylic acids is 1. The highest BCUT2D eigenvalue weighted by Crippen LogP contribution is 2.00. The van der Waals surface area contributed by atoms with Gasteiger partial charge in [-0.25, -0.2) is 0 Å². The van der Waals surface area contributed by atoms with Gasteiger partial charge in [-0.2, -0.15) is 0 Å². The van der Waals surface area contributed by atoms with Crippen LogP contribution in [-0.2, 0) is 9.53 Å². The standard InChI is InChI=1S/C17H22O2/c1-2-3-5-13-17(18)15-19-14-9-8-12-16-10-6-4-7-11-16/h4,6-7,10-11H,2-3,5,9,13-15H2,1H3. The van der Waals surface area contributed by atoms with Gasteiger partial charge in [-0.1, -0.05) is 49.8 Å². The van der Waals surface area contributed by atoms with E-state index in [0.717, 1.165) is 24.8 Å². The average Bonchev–Trinajstić information content (AvgIpc) is 2.44. The first-order chi connectivity index (χ1) is 9.33. The lowest BCUT2D eigenvalue weighted by Crippen LogP contribution is -2.08. The molecule has 0 radical (unpaired) electrons. The van der Waals surface area contributed by atoms with Gasteiger partial charge in [-0.15, -0.1) is 0 Å². The summed E-state index contributed by atoms with van der Waals surface area (Å²) in [5.41, 5.74) is 1.01. The Kier molecular flexibility index (Phi) is 8.42. The quantitative estimate of drug-likeness (QED) is 0.526. The summed E-state index contributed by atoms with van der Waals surface area (Å²) in [7, 11) is 0. The van der Waals surface area contributed by atoms with E-state index in [4.69, 9.17) is 4.74 Å². The van der Waals surface area contributed by atoms with Crippen LogP contribution in [0.4, 0.5) is 0 Å². The van der Waals surface area contributed by atoms with Crippen LogP contribution in [0.25, 0.3) is 0 Å². The molecule has 0 spiro atoms. The van der Waals surface area contributed by atoms with Gasteiger partial charge in [0.25, 0.3) is 0 Å². The summed E-state index contributed by atoms with van der Waals surface area (Å²) in [5, 5.41) is 0. The predicted molar refractivity (Wildman–Crippen MR) is 77.9 cm³/mol. The van der Waals surface area contributed by atoms with Crippen molar-refractivity contribution in [2.75, 3.05) is 13.2 Å². The van der Waals surface area contributed by atoms with Gasteiger partial charge in [0.2, 0.25) is 0 Å². The molecular weight excluding hydrogens is 236 g/mol. The molecular formula is C17H22O2. The molecule has 19 heavy (non-hydrogen) atoms. The number of hydrogen-bond donors (Lipinski definition) is 0. The first kappa shape index (κ1) is 15.5. The number of unbranched alkanes of at least 4 members (excludes halogenated alkanes) is 2. The number of Topliss-reactive ketones (excluding diaryl/α,β-unsaturated/α-hetero) is 1. The van der Waals surface area contributed by atoms with Crippen LogP contribution in [0, 0.1) is 11.8 Å². The normalized spacial score (nSPS) is 9.74. The molecule has 0 bridgehead atoms. The molecule has 0 aliphatic rings. The van der Waals surface area contributed by atoms with E-state index < -0.39 is 0 Å². The van der Waals surface area contributed by atoms with E-state index in [2.05, 4.69) is 18.8 Å². The molecule has 0 saturated heterocycles. The molecule has 1 aromatic carbocycles. The molecule has 0 aliphatic carbocycles. The fraction of sp³-hybridized carbons (Fsp3) is 0.471. The molecule has 0 heterocycles. The topological polar surface area (TPSA) is 26.3 Å². The molecule has 0 atom stereocenters. The molecule has 2 nitrogen and oxygen atoms in total. The Labute approximate surface area is 116 Å². The van der Waals surface area contributed by atoms with E-state index >= 15 is 0 Å². The minimum atomic E-state index is 0.199. The Bertz CT molecular complexity index is 412. The Hall–Kier alpha value is -1.59. The lowest BCUT2D eigenvalue weighted by molar-refractivity contribution is -0.123. The van der Waals surface area contributed by atoms with E-state index in [1.54, 1.807) is 0 Å². The molecule has 0 N–H and O–H groups in total. The molecule has 2 heteroatoms. The smallest absolute Gasteiger partial charge is 0.158 e. The van der Waals surface area contributed by atoms with Gasteiger partial charge < -0.3 is 4.74 Å². The number of carbonyl (C=O) groups is 1. The monoisotopic (exact) mass is 258 g/mol. The summed E-state index contributed by atoms with van der Waals surface area (Å²) >= 11 is 0. The van der Waals surface area contributed by atoms with Crippen LogP contribution in [0.3, 0.4) is 0 Å². The largest absolute Gasteiger partial charge is 0.373 e. The number of rotatable bonds is 8. The molecule has 1 aromatic rings. The molecule has 0 saturated carbocycles. The van der Waals surface area contributed by atoms with Crippen LogP contribution in [0.2, 0.25) is 0 Å². The number of hydrogen-bond acceptors (Lipinski definition) is 2. The number of ether oxygens (including phenoxy) is 1. The zero-order valence-electron chi connectivity index (χ0n) is 11.7. The van der Waals surface area contributed by atoms with E-state index in [1.807, 2.05) is 30.3 Å². The van der Waals surface area contributed by atoms with Crippen molar-refractivity contribution < 1.29 is 9.53 Å². The van der Waals surface area contributed by atoms with Gasteiger partial charge >= 0.3 is 0 Å². The van der Waals surface area contributed by atoms with E-state index in [0.29, 0.717) is 19.4 Å². The first-order valence-electron chi connectivity index (χ1n) is 6.96. The van der Waals surface area contributed by atoms with Crippen LogP contribution in [0.5, 0.6) is 0 Å². The van der Waals surface area contributed by atoms with E-state index in [-0.39, 0.29) is 12.4 Å². The lowest BCUT2D eigenvalue weighted by atomic mass is 10.1. The predicted octanol–water partition coefficient (Wildman–Crippen LogP) is 3.59. The second-order valence-corrected chi connectivity index (χ2v) is 4.47. The van der Waals surface area contributed by atoms with Crippen LogP contribution < -0.4 is 0 Å². The van der Waals surface area contributed by atoms with Crippen molar-refractivity contribution >= 4 is 5.78 Å². The molecule has 0 fully saturated rings. The number of ketones is 1. The van der Waals surface area contributed by atoms with Crippen LogP contribution >= 0.6 is 0 Å². The summed E-state index contributed by atoms with van der Waals surface area (Å²) < 4.78 is 5.31. The molecule has 0 aliphatic heterocycles. The van der Waals surface area contributed by atoms with Gasteiger partial charge in [0, 0.05) is 18.4 Å². The Morgan fingerprint density at radius 1 is 1.21 bits per heavy atom. The van der Waals surface area contributed by atoms with E-state index in [1.165, 1.54) is 0 Å². The fourth-order valence-corrected chi connectivity index (χ4v) is 1.64. The van der Waals surface area contributed by atoms with Crippen LogP contribution in [0.15, 0.2) is 30.3 Å². The summed E-state index contributed by atoms with van der Waals surface area (Å²) in [6, 6.07) is 9.86. The van der Waals surface area contributed by atoms with Crippen molar-refractivity contribution in [2.24, 2.45) is 0 Å². The first-order valence-corrected chi connectivity index (χ1v) is 6.96. The SMILES string of the molecule is CCCCCC(=O)COCCC#Cc1ccccc1. The van der Waals surface area contributed by atoms with Crippen LogP contribution in [-0.4, -0.2) is 19.0 Å². The summed E-state index contributed by atoms with van der Waals surface area (Å²) in [5.74, 6) is 6.30. The average molecular weight is 258 g/mol. The maximum atomic E-state index is 11.4. The third kappa shape index (κ3) is 8.18. The maximum absolute atomic E-state index is 11.4. The minimum absolute atomic E-state index is 0.199. The van der Waals surface area contributed by atoms with Gasteiger partial charge in [0.15, 0.2) is 5.78 Å². The zero-order valence-corrected chi connectivity index (χ0v) is 11.7. The Balaban J connectivity index is 2.05. The van der Waals surface area contributed by atoms with Gasteiger partial charge in [0.1, 0.15) is 6.61 Å². The van der Waals surface area contributed by atoms with Crippen molar-refractivity contribution in [3.63, 3.8) is 0 Å². The molecule has 102 valence electrons. The fourth-order valence-electron chi connectivity index (χ4n) is 1.64. The highest BCUT2D eigenvalue weighted by atomic mass is 16.5. The lowest BCUT2D eigenvalue weighted by Gasteiger charge is -2.01. The third-order valence-electron chi connectivity index (χ3n) is 2.70. The molecule has 0 unspecified atom stereocenters. The van der Waals surface area contributed by atoms with Crippen molar-refractivity contribution in [3.8, 4) is 11.8 Å². The Morgan fingerprint density at radius 2 is 2.00 bits per heavy atom. The van der Waals surface area contributed by atoms with Gasteiger partial charge in [-0.3, -0.25) is 4.79 Å². The number of benzene rings is 1. The minimum Gasteiger partial charge on any atom is -0.373 e. The van der Waals surface area contributed by atoms with Crippen LogP contribution in [0.1, 0.15) is 44.6 Å². The van der Waals surface area contributed by atoms with E-state index in [9.17, 15) is 4.79 Å². The Morgan fingerprint density at radius 3 is 2.74 bits per heavy atom. The van der Waals surface area contributed by atoms with Gasteiger partial charge in [-0.05, 0) is 18.6 Å². The van der Waals surface area contributed by atoms with Crippen molar-refractivity contribution in [1.82, 2.24) is 0 Å². The van der Waals surface area contributed by atoms with Gasteiger partial charge in [0.05, 0.1) is 6.61 Å². The van der Waals surface area contributed by atoms with Crippen molar-refractivity contribution in [2.45, 2.75) is 39.0 Å². The maximum Gasteiger partial charge on any atom is 0.158 e. The second kappa shape index (κ2) is 10.3. The molecule has 0 aromatic heterocycles. The summed E-state index contributed by atoms with van der Waals surface area (Å²) in [4.78, 5) is 11.4. The molecule has 1 rings (SSSR count). The highest BCUT2D eigenvalue weighted by molar-refractivity contribution is 5.79.